The molecule has 0 bridgehead atoms. The lowest BCUT2D eigenvalue weighted by Gasteiger charge is -2.12. The van der Waals surface area contributed by atoms with Crippen molar-refractivity contribution >= 4 is 5.96 Å². The van der Waals surface area contributed by atoms with Crippen LogP contribution < -0.4 is 15.4 Å². The molecule has 2 aromatic rings. The number of hydrogen-bond donors (Lipinski definition) is 2. The van der Waals surface area contributed by atoms with E-state index in [1.165, 1.54) is 11.6 Å². The van der Waals surface area contributed by atoms with E-state index in [9.17, 15) is 4.39 Å². The number of aliphatic imine (C=N–C) groups is 1. The average Bonchev–Trinajstić information content (AvgIpc) is 2.61. The number of methoxy groups -OCH3 is 1. The molecule has 0 radical (unpaired) electrons. The summed E-state index contributed by atoms with van der Waals surface area (Å²) in [6.45, 7) is 1.48. The van der Waals surface area contributed by atoms with Crippen LogP contribution in [0, 0.1) is 5.82 Å². The molecule has 4 nitrogen and oxygen atoms in total. The van der Waals surface area contributed by atoms with Gasteiger partial charge in [0.05, 0.1) is 7.11 Å². The molecule has 5 heteroatoms. The molecule has 128 valence electrons. The number of benzene rings is 2. The fraction of sp³-hybridized carbons (Fsp3) is 0.316. The van der Waals surface area contributed by atoms with Crippen molar-refractivity contribution in [3.63, 3.8) is 0 Å². The minimum Gasteiger partial charge on any atom is -0.497 e. The predicted octanol–water partition coefficient (Wildman–Crippen LogP) is 2.78. The zero-order valence-electron chi connectivity index (χ0n) is 14.2. The second kappa shape index (κ2) is 9.55. The summed E-state index contributed by atoms with van der Waals surface area (Å²) in [5.41, 5.74) is 2.20. The van der Waals surface area contributed by atoms with Gasteiger partial charge in [-0.1, -0.05) is 24.3 Å². The highest BCUT2D eigenvalue weighted by atomic mass is 19.1. The summed E-state index contributed by atoms with van der Waals surface area (Å²) in [6, 6.07) is 14.7. The van der Waals surface area contributed by atoms with Crippen molar-refractivity contribution in [3.8, 4) is 5.75 Å². The van der Waals surface area contributed by atoms with Crippen LogP contribution in [-0.4, -0.2) is 33.2 Å². The molecule has 0 atom stereocenters. The predicted molar refractivity (Wildman–Crippen MR) is 96.2 cm³/mol. The van der Waals surface area contributed by atoms with E-state index in [0.717, 1.165) is 36.7 Å². The summed E-state index contributed by atoms with van der Waals surface area (Å²) in [5.74, 6) is 1.41. The molecule has 2 aromatic carbocycles. The molecule has 0 aliphatic heterocycles. The monoisotopic (exact) mass is 329 g/mol. The topological polar surface area (TPSA) is 45.7 Å². The van der Waals surface area contributed by atoms with Gasteiger partial charge in [-0.15, -0.1) is 0 Å². The van der Waals surface area contributed by atoms with Crippen molar-refractivity contribution in [2.75, 3.05) is 27.2 Å². The summed E-state index contributed by atoms with van der Waals surface area (Å²) in [7, 11) is 3.40. The number of halogens is 1. The van der Waals surface area contributed by atoms with Gasteiger partial charge >= 0.3 is 0 Å². The third-order valence-electron chi connectivity index (χ3n) is 3.68. The Morgan fingerprint density at radius 2 is 1.67 bits per heavy atom. The molecule has 0 aliphatic carbocycles. The second-order valence-corrected chi connectivity index (χ2v) is 5.40. The van der Waals surface area contributed by atoms with E-state index in [1.807, 2.05) is 18.2 Å². The molecule has 2 N–H and O–H groups in total. The Hall–Kier alpha value is -2.56. The smallest absolute Gasteiger partial charge is 0.190 e. The molecule has 0 amide bonds. The highest BCUT2D eigenvalue weighted by Gasteiger charge is 2.00. The van der Waals surface area contributed by atoms with Crippen LogP contribution in [0.2, 0.25) is 0 Å². The van der Waals surface area contributed by atoms with Gasteiger partial charge in [0, 0.05) is 20.1 Å². The van der Waals surface area contributed by atoms with E-state index in [4.69, 9.17) is 4.74 Å². The summed E-state index contributed by atoms with van der Waals surface area (Å²) in [4.78, 5) is 4.20. The van der Waals surface area contributed by atoms with Crippen molar-refractivity contribution in [2.45, 2.75) is 12.8 Å². The quantitative estimate of drug-likeness (QED) is 0.606. The van der Waals surface area contributed by atoms with Gasteiger partial charge in [0.25, 0.3) is 0 Å². The van der Waals surface area contributed by atoms with Crippen LogP contribution in [0.25, 0.3) is 0 Å². The number of ether oxygens (including phenoxy) is 1. The van der Waals surface area contributed by atoms with Gasteiger partial charge < -0.3 is 15.4 Å². The van der Waals surface area contributed by atoms with Crippen molar-refractivity contribution in [1.82, 2.24) is 10.6 Å². The molecular weight excluding hydrogens is 305 g/mol. The van der Waals surface area contributed by atoms with Crippen LogP contribution in [0.5, 0.6) is 5.75 Å². The first kappa shape index (κ1) is 17.8. The van der Waals surface area contributed by atoms with Crippen LogP contribution in [-0.2, 0) is 12.8 Å². The zero-order chi connectivity index (χ0) is 17.2. The van der Waals surface area contributed by atoms with E-state index in [2.05, 4.69) is 27.8 Å². The maximum Gasteiger partial charge on any atom is 0.190 e. The lowest BCUT2D eigenvalue weighted by Crippen LogP contribution is -2.39. The largest absolute Gasteiger partial charge is 0.497 e. The second-order valence-electron chi connectivity index (χ2n) is 5.40. The van der Waals surface area contributed by atoms with Crippen molar-refractivity contribution in [1.29, 1.82) is 0 Å². The maximum atomic E-state index is 13.1. The van der Waals surface area contributed by atoms with Crippen molar-refractivity contribution in [2.24, 2.45) is 4.99 Å². The van der Waals surface area contributed by atoms with Gasteiger partial charge in [-0.25, -0.2) is 4.39 Å². The minimum absolute atomic E-state index is 0.200. The molecule has 0 spiro atoms. The third kappa shape index (κ3) is 5.91. The molecule has 2 rings (SSSR count). The van der Waals surface area contributed by atoms with Gasteiger partial charge in [0.1, 0.15) is 11.6 Å². The van der Waals surface area contributed by atoms with E-state index in [1.54, 1.807) is 26.3 Å². The van der Waals surface area contributed by atoms with E-state index in [-0.39, 0.29) is 5.82 Å². The first-order chi connectivity index (χ1) is 11.7. The highest BCUT2D eigenvalue weighted by molar-refractivity contribution is 5.79. The van der Waals surface area contributed by atoms with Crippen LogP contribution in [0.3, 0.4) is 0 Å². The van der Waals surface area contributed by atoms with Gasteiger partial charge in [-0.05, 0) is 48.2 Å². The van der Waals surface area contributed by atoms with Crippen LogP contribution >= 0.6 is 0 Å². The van der Waals surface area contributed by atoms with Gasteiger partial charge in [-0.2, -0.15) is 0 Å². The summed E-state index contributed by atoms with van der Waals surface area (Å²) >= 11 is 0. The van der Waals surface area contributed by atoms with Crippen molar-refractivity contribution in [3.05, 3.63) is 65.5 Å². The first-order valence-electron chi connectivity index (χ1n) is 8.03. The molecular formula is C19H24FN3O. The molecule has 0 unspecified atom stereocenters. The fourth-order valence-corrected chi connectivity index (χ4v) is 2.36. The number of nitrogens with one attached hydrogen (secondary N) is 2. The maximum absolute atomic E-state index is 13.1. The normalized spacial score (nSPS) is 11.2. The van der Waals surface area contributed by atoms with E-state index < -0.39 is 0 Å². The van der Waals surface area contributed by atoms with Crippen LogP contribution in [0.15, 0.2) is 53.5 Å². The SMILES string of the molecule is CN=C(NCCc1ccc(OC)cc1)NCCc1cccc(F)c1. The molecule has 0 heterocycles. The summed E-state index contributed by atoms with van der Waals surface area (Å²) in [5, 5.41) is 6.52. The van der Waals surface area contributed by atoms with Crippen LogP contribution in [0.4, 0.5) is 4.39 Å². The Kier molecular flexibility index (Phi) is 7.08. The molecule has 0 saturated heterocycles. The average molecular weight is 329 g/mol. The van der Waals surface area contributed by atoms with Gasteiger partial charge in [0.15, 0.2) is 5.96 Å². The third-order valence-corrected chi connectivity index (χ3v) is 3.68. The van der Waals surface area contributed by atoms with Crippen molar-refractivity contribution < 1.29 is 9.13 Å². The van der Waals surface area contributed by atoms with Gasteiger partial charge in [-0.3, -0.25) is 4.99 Å². The molecule has 0 saturated carbocycles. The van der Waals surface area contributed by atoms with Gasteiger partial charge in [0.2, 0.25) is 0 Å². The minimum atomic E-state index is -0.200. The Balaban J connectivity index is 1.70. The first-order valence-corrected chi connectivity index (χ1v) is 8.03. The van der Waals surface area contributed by atoms with E-state index >= 15 is 0 Å². The Morgan fingerprint density at radius 3 is 2.25 bits per heavy atom. The molecule has 0 aliphatic rings. The highest BCUT2D eigenvalue weighted by Crippen LogP contribution is 2.11. The number of nitrogens with zero attached hydrogens (tertiary/aromatic N) is 1. The summed E-state index contributed by atoms with van der Waals surface area (Å²) < 4.78 is 18.3. The molecule has 0 fully saturated rings. The Morgan fingerprint density at radius 1 is 1.00 bits per heavy atom. The zero-order valence-corrected chi connectivity index (χ0v) is 14.2. The Bertz CT molecular complexity index is 656. The molecule has 0 aromatic heterocycles. The standard InChI is InChI=1S/C19H24FN3O/c1-21-19(23-13-11-16-4-3-5-17(20)14-16)22-12-10-15-6-8-18(24-2)9-7-15/h3-9,14H,10-13H2,1-2H3,(H2,21,22,23). The van der Waals surface area contributed by atoms with Crippen LogP contribution in [0.1, 0.15) is 11.1 Å². The molecule has 24 heavy (non-hydrogen) atoms. The Labute approximate surface area is 142 Å². The lowest BCUT2D eigenvalue weighted by atomic mass is 10.1. The lowest BCUT2D eigenvalue weighted by molar-refractivity contribution is 0.414. The number of rotatable bonds is 7. The number of guanidine groups is 1. The summed E-state index contributed by atoms with van der Waals surface area (Å²) in [6.07, 6.45) is 1.64. The van der Waals surface area contributed by atoms with E-state index in [0.29, 0.717) is 6.54 Å². The fourth-order valence-electron chi connectivity index (χ4n) is 2.36. The number of hydrogen-bond acceptors (Lipinski definition) is 2.